The van der Waals surface area contributed by atoms with Crippen LogP contribution in [0.3, 0.4) is 0 Å². The molecule has 3 amide bonds. The van der Waals surface area contributed by atoms with Crippen molar-refractivity contribution in [2.24, 2.45) is 11.0 Å². The number of nitrogens with one attached hydrogen (secondary N) is 3. The van der Waals surface area contributed by atoms with Crippen molar-refractivity contribution < 1.29 is 37.8 Å². The molecular weight excluding hydrogens is 532 g/mol. The molecule has 226 valence electrons. The topological polar surface area (TPSA) is 158 Å². The molecule has 12 nitrogen and oxygen atoms in total. The lowest BCUT2D eigenvalue weighted by Gasteiger charge is -2.24. The number of esters is 1. The quantitative estimate of drug-likeness (QED) is 0.203. The number of methoxy groups -OCH3 is 1. The smallest absolute Gasteiger partial charge is 0.428 e. The zero-order chi connectivity index (χ0) is 31.0. The molecule has 0 unspecified atom stereocenters. The summed E-state index contributed by atoms with van der Waals surface area (Å²) in [5.41, 5.74) is 1.14. The molecular formula is C29H42N4O8. The van der Waals surface area contributed by atoms with Crippen molar-refractivity contribution in [1.82, 2.24) is 16.1 Å². The van der Waals surface area contributed by atoms with E-state index >= 15 is 0 Å². The minimum Gasteiger partial charge on any atom is -0.493 e. The summed E-state index contributed by atoms with van der Waals surface area (Å²) in [4.78, 5) is 51.0. The van der Waals surface area contributed by atoms with E-state index in [9.17, 15) is 19.2 Å². The number of benzene rings is 1. The third-order valence-electron chi connectivity index (χ3n) is 5.22. The Hall–Kier alpha value is -4.09. The van der Waals surface area contributed by atoms with E-state index in [4.69, 9.17) is 18.6 Å². The Morgan fingerprint density at radius 2 is 1.66 bits per heavy atom. The van der Waals surface area contributed by atoms with E-state index in [0.717, 1.165) is 0 Å². The lowest BCUT2D eigenvalue weighted by atomic mass is 10.0. The zero-order valence-electron chi connectivity index (χ0n) is 25.2. The van der Waals surface area contributed by atoms with Crippen LogP contribution in [-0.4, -0.2) is 60.5 Å². The zero-order valence-corrected chi connectivity index (χ0v) is 25.2. The fourth-order valence-electron chi connectivity index (χ4n) is 3.71. The highest BCUT2D eigenvalue weighted by Gasteiger charge is 2.28. The molecule has 2 atom stereocenters. The molecule has 0 bridgehead atoms. The molecule has 3 N–H and O–H groups in total. The first-order chi connectivity index (χ1) is 19.0. The molecule has 2 aromatic rings. The van der Waals surface area contributed by atoms with Crippen LogP contribution in [0.15, 0.2) is 33.8 Å². The molecule has 0 fully saturated rings. The van der Waals surface area contributed by atoms with Gasteiger partial charge in [0.2, 0.25) is 5.91 Å². The van der Waals surface area contributed by atoms with Gasteiger partial charge in [0, 0.05) is 11.6 Å². The molecule has 2 rings (SSSR count). The second-order valence-corrected chi connectivity index (χ2v) is 11.9. The Kier molecular flexibility index (Phi) is 11.3. The van der Waals surface area contributed by atoms with E-state index in [1.165, 1.54) is 13.3 Å². The average Bonchev–Trinajstić information content (AvgIpc) is 3.25. The Morgan fingerprint density at radius 1 is 1.00 bits per heavy atom. The van der Waals surface area contributed by atoms with Crippen LogP contribution < -0.4 is 20.8 Å². The Bertz CT molecular complexity index is 1250. The van der Waals surface area contributed by atoms with Gasteiger partial charge in [0.1, 0.15) is 17.2 Å². The number of para-hydroxylation sites is 1. The highest BCUT2D eigenvalue weighted by atomic mass is 16.6. The first-order valence-corrected chi connectivity index (χ1v) is 13.4. The van der Waals surface area contributed by atoms with E-state index < -0.39 is 47.2 Å². The number of fused-ring (bicyclic) bond motifs is 1. The molecule has 1 heterocycles. The fourth-order valence-corrected chi connectivity index (χ4v) is 3.71. The second-order valence-electron chi connectivity index (χ2n) is 11.9. The number of carbonyl (C=O) groups excluding carboxylic acids is 4. The number of hydrazone groups is 1. The number of furan rings is 1. The molecule has 1 aromatic carbocycles. The van der Waals surface area contributed by atoms with Crippen LogP contribution in [-0.2, 0) is 19.1 Å². The van der Waals surface area contributed by atoms with Crippen LogP contribution in [0.2, 0.25) is 0 Å². The van der Waals surface area contributed by atoms with Gasteiger partial charge in [-0.25, -0.2) is 10.2 Å². The van der Waals surface area contributed by atoms with Gasteiger partial charge in [0.25, 0.3) is 5.91 Å². The normalized spacial score (nSPS) is 13.5. The molecule has 0 spiro atoms. The largest absolute Gasteiger partial charge is 0.493 e. The lowest BCUT2D eigenvalue weighted by molar-refractivity contribution is -0.155. The summed E-state index contributed by atoms with van der Waals surface area (Å²) >= 11 is 0. The number of hydrogen-bond donors (Lipinski definition) is 3. The molecule has 0 aliphatic rings. The van der Waals surface area contributed by atoms with Crippen molar-refractivity contribution in [2.75, 3.05) is 7.11 Å². The van der Waals surface area contributed by atoms with E-state index in [-0.39, 0.29) is 18.1 Å². The van der Waals surface area contributed by atoms with Gasteiger partial charge >= 0.3 is 12.1 Å². The Morgan fingerprint density at radius 3 is 2.24 bits per heavy atom. The third-order valence-corrected chi connectivity index (χ3v) is 5.22. The van der Waals surface area contributed by atoms with Crippen molar-refractivity contribution in [1.29, 1.82) is 0 Å². The minimum absolute atomic E-state index is 0.0134. The highest BCUT2D eigenvalue weighted by Crippen LogP contribution is 2.28. The van der Waals surface area contributed by atoms with Gasteiger partial charge in [0.15, 0.2) is 17.1 Å². The standard InChI is InChI=1S/C29H42N4O8/c1-17(2)13-20(32-26(36)22-14-18-11-10-12-21(38-9)24(18)39-22)25(35)31-19(15-23(34)40-28(3,4)5)16-30-33-27(37)41-29(6,7)8/h10-12,14,16-17,19-20H,13,15H2,1-9H3,(H,31,35)(H,32,36)(H,33,37)/b30-16+/t19-,20-/m0/s1. The summed E-state index contributed by atoms with van der Waals surface area (Å²) in [6.07, 6.45) is 0.427. The van der Waals surface area contributed by atoms with E-state index in [2.05, 4.69) is 21.2 Å². The van der Waals surface area contributed by atoms with Gasteiger partial charge in [0.05, 0.1) is 19.6 Å². The molecule has 41 heavy (non-hydrogen) atoms. The third kappa shape index (κ3) is 11.5. The summed E-state index contributed by atoms with van der Waals surface area (Å²) < 4.78 is 21.5. The molecule has 0 radical (unpaired) electrons. The monoisotopic (exact) mass is 574 g/mol. The van der Waals surface area contributed by atoms with Gasteiger partial charge in [-0.05, 0) is 66.0 Å². The Balaban J connectivity index is 2.22. The van der Waals surface area contributed by atoms with Gasteiger partial charge in [-0.3, -0.25) is 14.4 Å². The van der Waals surface area contributed by atoms with Crippen molar-refractivity contribution in [3.8, 4) is 5.75 Å². The first kappa shape index (κ1) is 33.1. The van der Waals surface area contributed by atoms with Gasteiger partial charge in [-0.1, -0.05) is 26.0 Å². The summed E-state index contributed by atoms with van der Waals surface area (Å²) in [6.45, 7) is 14.1. The van der Waals surface area contributed by atoms with Gasteiger partial charge in [-0.15, -0.1) is 0 Å². The predicted molar refractivity (Wildman–Crippen MR) is 154 cm³/mol. The minimum atomic E-state index is -0.967. The van der Waals surface area contributed by atoms with Crippen molar-refractivity contribution in [2.45, 2.75) is 91.5 Å². The second kappa shape index (κ2) is 14.0. The number of nitrogens with zero attached hydrogens (tertiary/aromatic N) is 1. The van der Waals surface area contributed by atoms with E-state index in [0.29, 0.717) is 23.1 Å². The first-order valence-electron chi connectivity index (χ1n) is 13.4. The van der Waals surface area contributed by atoms with Crippen molar-refractivity contribution >= 4 is 41.1 Å². The van der Waals surface area contributed by atoms with Crippen LogP contribution in [0.4, 0.5) is 4.79 Å². The van der Waals surface area contributed by atoms with Crippen LogP contribution in [0.25, 0.3) is 11.0 Å². The average molecular weight is 575 g/mol. The van der Waals surface area contributed by atoms with Crippen LogP contribution in [0, 0.1) is 5.92 Å². The molecule has 12 heteroatoms. The van der Waals surface area contributed by atoms with Gasteiger partial charge < -0.3 is 29.3 Å². The number of hydrogen-bond acceptors (Lipinski definition) is 9. The number of carbonyl (C=O) groups is 4. The van der Waals surface area contributed by atoms with Crippen LogP contribution in [0.1, 0.15) is 78.8 Å². The Labute approximate surface area is 240 Å². The highest BCUT2D eigenvalue weighted by molar-refractivity contribution is 6.00. The maximum absolute atomic E-state index is 13.4. The summed E-state index contributed by atoms with van der Waals surface area (Å²) in [5, 5.41) is 9.95. The van der Waals surface area contributed by atoms with Gasteiger partial charge in [-0.2, -0.15) is 5.10 Å². The summed E-state index contributed by atoms with van der Waals surface area (Å²) in [5.74, 6) is -1.21. The fraction of sp³-hybridized carbons (Fsp3) is 0.552. The van der Waals surface area contributed by atoms with Crippen molar-refractivity contribution in [3.63, 3.8) is 0 Å². The van der Waals surface area contributed by atoms with Crippen LogP contribution in [0.5, 0.6) is 5.75 Å². The summed E-state index contributed by atoms with van der Waals surface area (Å²) in [6, 6.07) is 4.91. The van der Waals surface area contributed by atoms with E-state index in [1.807, 2.05) is 13.8 Å². The maximum atomic E-state index is 13.4. The molecule has 1 aromatic heterocycles. The molecule has 0 aliphatic heterocycles. The SMILES string of the molecule is COc1cccc2cc(C(=O)N[C@@H](CC(C)C)C(=O)N[C@H](/C=N/NC(=O)OC(C)(C)C)CC(=O)OC(C)(C)C)oc12. The number of amides is 3. The number of ether oxygens (including phenoxy) is 3. The lowest BCUT2D eigenvalue weighted by Crippen LogP contribution is -2.51. The number of rotatable bonds is 11. The van der Waals surface area contributed by atoms with Crippen LogP contribution >= 0.6 is 0 Å². The molecule has 0 saturated heterocycles. The summed E-state index contributed by atoms with van der Waals surface area (Å²) in [7, 11) is 1.50. The van der Waals surface area contributed by atoms with E-state index in [1.54, 1.807) is 65.8 Å². The predicted octanol–water partition coefficient (Wildman–Crippen LogP) is 4.31. The van der Waals surface area contributed by atoms with Crippen molar-refractivity contribution in [3.05, 3.63) is 30.0 Å². The molecule has 0 aliphatic carbocycles. The maximum Gasteiger partial charge on any atom is 0.428 e. The molecule has 0 saturated carbocycles.